The van der Waals surface area contributed by atoms with Crippen molar-refractivity contribution in [3.05, 3.63) is 0 Å². The molecule has 4 fully saturated rings. The molecule has 4 rings (SSSR count). The maximum atomic E-state index is 12.1. The summed E-state index contributed by atoms with van der Waals surface area (Å²) in [4.78, 5) is 12.1. The molecule has 0 aromatic rings. The van der Waals surface area contributed by atoms with Crippen LogP contribution < -0.4 is 0 Å². The number of hydrogen-bond acceptors (Lipinski definition) is 2. The van der Waals surface area contributed by atoms with Crippen LogP contribution in [-0.2, 0) is 4.79 Å². The van der Waals surface area contributed by atoms with Crippen molar-refractivity contribution < 1.29 is 9.90 Å². The van der Waals surface area contributed by atoms with Crippen LogP contribution in [0.25, 0.3) is 0 Å². The SMILES string of the molecule is CC(C)[C@H](O)CC[C@@H](C)[C@H]1CC[C@H]2[C@@H]3CC[C@@H]4CC(=O)CC[C@]4(C)[C@H]3CC[C@]12C. The Hall–Kier alpha value is -0.370. The van der Waals surface area contributed by atoms with Gasteiger partial charge in [0.25, 0.3) is 0 Å². The topological polar surface area (TPSA) is 37.3 Å². The minimum atomic E-state index is -0.137. The van der Waals surface area contributed by atoms with Gasteiger partial charge in [0.2, 0.25) is 0 Å². The lowest BCUT2D eigenvalue weighted by molar-refractivity contribution is -0.140. The standard InChI is InChI=1S/C27H46O2/c1-17(2)25(29)11-6-18(3)22-9-10-23-21-8-7-19-16-20(28)12-14-26(19,4)24(21)13-15-27(22,23)5/h17-19,21-25,29H,6-16H2,1-5H3/t18-,19-,21+,22-,23+,24+,25-,26+,27-/m1/s1. The van der Waals surface area contributed by atoms with E-state index in [0.29, 0.717) is 28.4 Å². The Labute approximate surface area is 179 Å². The average Bonchev–Trinajstić information content (AvgIpc) is 3.03. The fraction of sp³-hybridized carbons (Fsp3) is 0.963. The second kappa shape index (κ2) is 7.95. The zero-order valence-corrected chi connectivity index (χ0v) is 19.8. The predicted octanol–water partition coefficient (Wildman–Crippen LogP) is 6.65. The van der Waals surface area contributed by atoms with Crippen molar-refractivity contribution in [3.8, 4) is 0 Å². The first-order chi connectivity index (χ1) is 13.7. The summed E-state index contributed by atoms with van der Waals surface area (Å²) in [6, 6.07) is 0. The number of carbonyl (C=O) groups excluding carboxylic acids is 1. The first-order valence-corrected chi connectivity index (χ1v) is 12.9. The highest BCUT2D eigenvalue weighted by Gasteiger charge is 2.60. The maximum Gasteiger partial charge on any atom is 0.133 e. The molecule has 0 aromatic heterocycles. The van der Waals surface area contributed by atoms with Gasteiger partial charge in [-0.25, -0.2) is 0 Å². The number of aliphatic hydroxyl groups excluding tert-OH is 1. The summed E-state index contributed by atoms with van der Waals surface area (Å²) in [5, 5.41) is 10.3. The molecule has 1 N–H and O–H groups in total. The van der Waals surface area contributed by atoms with E-state index in [9.17, 15) is 9.90 Å². The molecule has 0 radical (unpaired) electrons. The van der Waals surface area contributed by atoms with Crippen LogP contribution in [-0.4, -0.2) is 17.0 Å². The first kappa shape index (κ1) is 21.8. The van der Waals surface area contributed by atoms with Crippen LogP contribution in [0.2, 0.25) is 0 Å². The van der Waals surface area contributed by atoms with Crippen molar-refractivity contribution >= 4 is 5.78 Å². The summed E-state index contributed by atoms with van der Waals surface area (Å²) in [5.74, 6) is 5.82. The second-order valence-electron chi connectivity index (χ2n) is 12.5. The molecule has 2 nitrogen and oxygen atoms in total. The van der Waals surface area contributed by atoms with Gasteiger partial charge in [0.1, 0.15) is 5.78 Å². The molecule has 0 heterocycles. The molecule has 4 aliphatic carbocycles. The van der Waals surface area contributed by atoms with Crippen molar-refractivity contribution in [2.45, 2.75) is 111 Å². The summed E-state index contributed by atoms with van der Waals surface area (Å²) in [5.41, 5.74) is 0.945. The zero-order chi connectivity index (χ0) is 21.0. The number of ketones is 1. The Bertz CT molecular complexity index is 612. The average molecular weight is 403 g/mol. The Balaban J connectivity index is 1.46. The molecular weight excluding hydrogens is 356 g/mol. The molecule has 4 saturated carbocycles. The van der Waals surface area contributed by atoms with Crippen LogP contribution in [0.3, 0.4) is 0 Å². The highest BCUT2D eigenvalue weighted by Crippen LogP contribution is 2.68. The molecule has 2 heteroatoms. The van der Waals surface area contributed by atoms with Crippen LogP contribution in [0.5, 0.6) is 0 Å². The Morgan fingerprint density at radius 2 is 1.66 bits per heavy atom. The fourth-order valence-electron chi connectivity index (χ4n) is 8.99. The van der Waals surface area contributed by atoms with Crippen LogP contribution in [0.4, 0.5) is 0 Å². The van der Waals surface area contributed by atoms with Gasteiger partial charge in [-0.05, 0) is 110 Å². The Morgan fingerprint density at radius 3 is 2.38 bits per heavy atom. The van der Waals surface area contributed by atoms with Gasteiger partial charge in [-0.3, -0.25) is 4.79 Å². The molecule has 0 amide bonds. The quantitative estimate of drug-likeness (QED) is 0.559. The first-order valence-electron chi connectivity index (χ1n) is 12.9. The van der Waals surface area contributed by atoms with E-state index in [-0.39, 0.29) is 6.10 Å². The lowest BCUT2D eigenvalue weighted by atomic mass is 9.44. The van der Waals surface area contributed by atoms with Gasteiger partial charge in [0.15, 0.2) is 0 Å². The molecule has 9 atom stereocenters. The normalized spacial score (nSPS) is 46.7. The molecule has 0 spiro atoms. The molecule has 0 aromatic carbocycles. The number of fused-ring (bicyclic) bond motifs is 5. The number of rotatable bonds is 5. The van der Waals surface area contributed by atoms with Crippen molar-refractivity contribution in [1.29, 1.82) is 0 Å². The van der Waals surface area contributed by atoms with E-state index in [1.54, 1.807) is 0 Å². The van der Waals surface area contributed by atoms with E-state index >= 15 is 0 Å². The third-order valence-electron chi connectivity index (χ3n) is 10.9. The summed E-state index contributed by atoms with van der Waals surface area (Å²) in [6.45, 7) is 12.0. The van der Waals surface area contributed by atoms with Crippen LogP contribution in [0, 0.1) is 52.3 Å². The van der Waals surface area contributed by atoms with E-state index < -0.39 is 0 Å². The van der Waals surface area contributed by atoms with Gasteiger partial charge in [0, 0.05) is 12.8 Å². The maximum absolute atomic E-state index is 12.1. The minimum absolute atomic E-state index is 0.137. The summed E-state index contributed by atoms with van der Waals surface area (Å²) >= 11 is 0. The van der Waals surface area contributed by atoms with Crippen LogP contribution >= 0.6 is 0 Å². The summed E-state index contributed by atoms with van der Waals surface area (Å²) < 4.78 is 0. The molecule has 166 valence electrons. The van der Waals surface area contributed by atoms with E-state index in [0.717, 1.165) is 55.3 Å². The van der Waals surface area contributed by atoms with Gasteiger partial charge in [-0.15, -0.1) is 0 Å². The molecule has 29 heavy (non-hydrogen) atoms. The van der Waals surface area contributed by atoms with Crippen LogP contribution in [0.15, 0.2) is 0 Å². The molecule has 0 unspecified atom stereocenters. The van der Waals surface area contributed by atoms with E-state index in [1.807, 2.05) is 0 Å². The van der Waals surface area contributed by atoms with Crippen LogP contribution in [0.1, 0.15) is 105 Å². The largest absolute Gasteiger partial charge is 0.393 e. The monoisotopic (exact) mass is 402 g/mol. The molecule has 4 aliphatic rings. The highest BCUT2D eigenvalue weighted by atomic mass is 16.3. The van der Waals surface area contributed by atoms with Crippen molar-refractivity contribution in [1.82, 2.24) is 0 Å². The lowest BCUT2D eigenvalue weighted by Gasteiger charge is -2.60. The van der Waals surface area contributed by atoms with Gasteiger partial charge < -0.3 is 5.11 Å². The molecule has 0 bridgehead atoms. The highest BCUT2D eigenvalue weighted by molar-refractivity contribution is 5.79. The van der Waals surface area contributed by atoms with Gasteiger partial charge >= 0.3 is 0 Å². The zero-order valence-electron chi connectivity index (χ0n) is 19.8. The Kier molecular flexibility index (Phi) is 5.99. The summed E-state index contributed by atoms with van der Waals surface area (Å²) in [6.07, 6.45) is 13.2. The number of carbonyl (C=O) groups is 1. The number of aliphatic hydroxyl groups is 1. The molecule has 0 saturated heterocycles. The minimum Gasteiger partial charge on any atom is -0.393 e. The van der Waals surface area contributed by atoms with Crippen molar-refractivity contribution in [3.63, 3.8) is 0 Å². The Morgan fingerprint density at radius 1 is 0.931 bits per heavy atom. The van der Waals surface area contributed by atoms with Crippen molar-refractivity contribution in [2.75, 3.05) is 0 Å². The smallest absolute Gasteiger partial charge is 0.133 e. The van der Waals surface area contributed by atoms with Crippen molar-refractivity contribution in [2.24, 2.45) is 52.3 Å². The predicted molar refractivity (Wildman–Crippen MR) is 119 cm³/mol. The number of Topliss-reactive ketones (excluding diaryl/α,β-unsaturated/α-hetero) is 1. The van der Waals surface area contributed by atoms with E-state index in [4.69, 9.17) is 0 Å². The fourth-order valence-corrected chi connectivity index (χ4v) is 8.99. The van der Waals surface area contributed by atoms with Gasteiger partial charge in [-0.1, -0.05) is 34.6 Å². The van der Waals surface area contributed by atoms with E-state index in [2.05, 4.69) is 34.6 Å². The second-order valence-corrected chi connectivity index (χ2v) is 12.5. The molecule has 0 aliphatic heterocycles. The van der Waals surface area contributed by atoms with Gasteiger partial charge in [0.05, 0.1) is 6.10 Å². The third kappa shape index (κ3) is 3.64. The van der Waals surface area contributed by atoms with Gasteiger partial charge in [-0.2, -0.15) is 0 Å². The summed E-state index contributed by atoms with van der Waals surface area (Å²) in [7, 11) is 0. The third-order valence-corrected chi connectivity index (χ3v) is 10.9. The number of hydrogen-bond donors (Lipinski definition) is 1. The molecular formula is C27H46O2. The van der Waals surface area contributed by atoms with E-state index in [1.165, 1.54) is 44.9 Å². The lowest BCUT2D eigenvalue weighted by Crippen LogP contribution is -2.53.